The Balaban J connectivity index is 2.37. The smallest absolute Gasteiger partial charge is 0.0571 e. The van der Waals surface area contributed by atoms with Crippen molar-refractivity contribution in [2.75, 3.05) is 0 Å². The maximum absolute atomic E-state index is 7.62. The first kappa shape index (κ1) is 6.59. The summed E-state index contributed by atoms with van der Waals surface area (Å²) >= 11 is 0. The van der Waals surface area contributed by atoms with Crippen LogP contribution in [0.25, 0.3) is 0 Å². The Morgan fingerprint density at radius 1 is 1.27 bits per heavy atom. The van der Waals surface area contributed by atoms with Crippen LogP contribution in [0.4, 0.5) is 0 Å². The van der Waals surface area contributed by atoms with E-state index in [1.807, 2.05) is 6.08 Å². The molecular weight excluding hydrogens is 134 g/mol. The van der Waals surface area contributed by atoms with Crippen molar-refractivity contribution in [3.05, 3.63) is 36.0 Å². The summed E-state index contributed by atoms with van der Waals surface area (Å²) in [5, 5.41) is 7.62. The monoisotopic (exact) mass is 145 g/mol. The summed E-state index contributed by atoms with van der Waals surface area (Å²) < 4.78 is 0. The summed E-state index contributed by atoms with van der Waals surface area (Å²) in [5.41, 5.74) is 1.92. The van der Waals surface area contributed by atoms with Gasteiger partial charge in [-0.2, -0.15) is 0 Å². The van der Waals surface area contributed by atoms with E-state index in [1.165, 1.54) is 5.57 Å². The van der Waals surface area contributed by atoms with E-state index in [1.54, 1.807) is 0 Å². The third-order valence-electron chi connectivity index (χ3n) is 2.29. The summed E-state index contributed by atoms with van der Waals surface area (Å²) in [7, 11) is 0. The molecule has 2 rings (SSSR count). The summed E-state index contributed by atoms with van der Waals surface area (Å²) in [6.07, 6.45) is 12.5. The molecule has 0 saturated carbocycles. The molecule has 11 heavy (non-hydrogen) atoms. The van der Waals surface area contributed by atoms with Gasteiger partial charge in [-0.25, -0.2) is 0 Å². The fourth-order valence-electron chi connectivity index (χ4n) is 1.66. The van der Waals surface area contributed by atoms with Crippen molar-refractivity contribution in [3.63, 3.8) is 0 Å². The molecule has 1 atom stereocenters. The zero-order chi connectivity index (χ0) is 7.68. The SMILES string of the molecule is N=C1C=CCC2CC=CC=C12. The molecule has 0 aromatic rings. The molecule has 1 unspecified atom stereocenters. The van der Waals surface area contributed by atoms with Gasteiger partial charge >= 0.3 is 0 Å². The maximum Gasteiger partial charge on any atom is 0.0571 e. The lowest BCUT2D eigenvalue weighted by Crippen LogP contribution is -2.15. The summed E-state index contributed by atoms with van der Waals surface area (Å²) in [6, 6.07) is 0. The Hall–Kier alpha value is -1.11. The first-order valence-corrected chi connectivity index (χ1v) is 4.00. The van der Waals surface area contributed by atoms with Gasteiger partial charge in [-0.05, 0) is 30.4 Å². The molecule has 0 bridgehead atoms. The number of hydrogen-bond acceptors (Lipinski definition) is 1. The molecule has 0 heterocycles. The largest absolute Gasteiger partial charge is 0.301 e. The van der Waals surface area contributed by atoms with Gasteiger partial charge in [0, 0.05) is 0 Å². The predicted octanol–water partition coefficient (Wildman–Crippen LogP) is 2.47. The predicted molar refractivity (Wildman–Crippen MR) is 46.8 cm³/mol. The van der Waals surface area contributed by atoms with Crippen LogP contribution in [0.15, 0.2) is 36.0 Å². The first-order valence-electron chi connectivity index (χ1n) is 4.00. The van der Waals surface area contributed by atoms with Crippen molar-refractivity contribution in [3.8, 4) is 0 Å². The van der Waals surface area contributed by atoms with Crippen LogP contribution in [0.5, 0.6) is 0 Å². The highest BCUT2D eigenvalue weighted by atomic mass is 14.4. The highest BCUT2D eigenvalue weighted by Crippen LogP contribution is 2.28. The van der Waals surface area contributed by atoms with Gasteiger partial charge in [0.05, 0.1) is 5.71 Å². The van der Waals surface area contributed by atoms with Gasteiger partial charge in [0.25, 0.3) is 0 Å². The zero-order valence-electron chi connectivity index (χ0n) is 6.38. The lowest BCUT2D eigenvalue weighted by Gasteiger charge is -2.22. The molecule has 0 spiro atoms. The van der Waals surface area contributed by atoms with Crippen LogP contribution in [-0.2, 0) is 0 Å². The summed E-state index contributed by atoms with van der Waals surface area (Å²) in [5.74, 6) is 0.595. The Bertz CT molecular complexity index is 269. The molecule has 0 aromatic carbocycles. The van der Waals surface area contributed by atoms with Crippen LogP contribution in [0.1, 0.15) is 12.8 Å². The minimum atomic E-state index is 0.595. The quantitative estimate of drug-likeness (QED) is 0.541. The Morgan fingerprint density at radius 3 is 2.91 bits per heavy atom. The van der Waals surface area contributed by atoms with Gasteiger partial charge in [-0.15, -0.1) is 0 Å². The van der Waals surface area contributed by atoms with E-state index in [-0.39, 0.29) is 0 Å². The second-order valence-corrected chi connectivity index (χ2v) is 3.03. The van der Waals surface area contributed by atoms with Gasteiger partial charge in [0.1, 0.15) is 0 Å². The minimum absolute atomic E-state index is 0.595. The van der Waals surface area contributed by atoms with E-state index in [0.29, 0.717) is 11.6 Å². The van der Waals surface area contributed by atoms with Gasteiger partial charge in [0.2, 0.25) is 0 Å². The third-order valence-corrected chi connectivity index (χ3v) is 2.29. The van der Waals surface area contributed by atoms with E-state index < -0.39 is 0 Å². The zero-order valence-corrected chi connectivity index (χ0v) is 6.38. The molecule has 1 heteroatoms. The maximum atomic E-state index is 7.62. The highest BCUT2D eigenvalue weighted by molar-refractivity contribution is 6.07. The molecule has 0 saturated heterocycles. The Kier molecular flexibility index (Phi) is 1.50. The molecule has 0 amide bonds. The molecule has 0 radical (unpaired) electrons. The Morgan fingerprint density at radius 2 is 2.09 bits per heavy atom. The molecule has 0 aliphatic heterocycles. The molecule has 2 aliphatic carbocycles. The topological polar surface area (TPSA) is 23.9 Å². The van der Waals surface area contributed by atoms with E-state index in [2.05, 4.69) is 24.3 Å². The van der Waals surface area contributed by atoms with E-state index >= 15 is 0 Å². The molecule has 2 aliphatic rings. The molecule has 56 valence electrons. The number of allylic oxidation sites excluding steroid dienone is 6. The van der Waals surface area contributed by atoms with Crippen molar-refractivity contribution < 1.29 is 0 Å². The number of fused-ring (bicyclic) bond motifs is 1. The van der Waals surface area contributed by atoms with Crippen LogP contribution >= 0.6 is 0 Å². The standard InChI is InChI=1S/C10H11N/c11-10-7-3-5-8-4-1-2-6-9(8)10/h1-3,6-8,11H,4-5H2. The van der Waals surface area contributed by atoms with Crippen LogP contribution in [-0.4, -0.2) is 5.71 Å². The van der Waals surface area contributed by atoms with Crippen LogP contribution in [0.2, 0.25) is 0 Å². The van der Waals surface area contributed by atoms with Crippen LogP contribution in [0, 0.1) is 11.3 Å². The van der Waals surface area contributed by atoms with E-state index in [4.69, 9.17) is 5.41 Å². The lowest BCUT2D eigenvalue weighted by molar-refractivity contribution is 0.642. The molecule has 0 aromatic heterocycles. The van der Waals surface area contributed by atoms with Crippen molar-refractivity contribution in [1.29, 1.82) is 5.41 Å². The average Bonchev–Trinajstić information content (AvgIpc) is 2.06. The second-order valence-electron chi connectivity index (χ2n) is 3.03. The molecule has 1 nitrogen and oxygen atoms in total. The van der Waals surface area contributed by atoms with Crippen molar-refractivity contribution in [2.24, 2.45) is 5.92 Å². The van der Waals surface area contributed by atoms with E-state index in [0.717, 1.165) is 12.8 Å². The summed E-state index contributed by atoms with van der Waals surface area (Å²) in [6.45, 7) is 0. The van der Waals surface area contributed by atoms with Crippen molar-refractivity contribution >= 4 is 5.71 Å². The highest BCUT2D eigenvalue weighted by Gasteiger charge is 2.19. The molecule has 1 N–H and O–H groups in total. The normalized spacial score (nSPS) is 28.2. The number of hydrogen-bond donors (Lipinski definition) is 1. The van der Waals surface area contributed by atoms with Gasteiger partial charge in [0.15, 0.2) is 0 Å². The van der Waals surface area contributed by atoms with Gasteiger partial charge < -0.3 is 5.41 Å². The fourth-order valence-corrected chi connectivity index (χ4v) is 1.66. The van der Waals surface area contributed by atoms with Crippen LogP contribution in [0.3, 0.4) is 0 Å². The molecular formula is C10H11N. The Labute approximate surface area is 66.6 Å². The van der Waals surface area contributed by atoms with Gasteiger partial charge in [-0.3, -0.25) is 0 Å². The van der Waals surface area contributed by atoms with Crippen molar-refractivity contribution in [1.82, 2.24) is 0 Å². The average molecular weight is 145 g/mol. The summed E-state index contributed by atoms with van der Waals surface area (Å²) in [4.78, 5) is 0. The second kappa shape index (κ2) is 2.50. The first-order chi connectivity index (χ1) is 5.38. The minimum Gasteiger partial charge on any atom is -0.301 e. The fraction of sp³-hybridized carbons (Fsp3) is 0.300. The van der Waals surface area contributed by atoms with E-state index in [9.17, 15) is 0 Å². The third kappa shape index (κ3) is 1.07. The number of rotatable bonds is 0. The van der Waals surface area contributed by atoms with Crippen molar-refractivity contribution in [2.45, 2.75) is 12.8 Å². The molecule has 0 fully saturated rings. The van der Waals surface area contributed by atoms with Gasteiger partial charge in [-0.1, -0.05) is 24.3 Å². The lowest BCUT2D eigenvalue weighted by atomic mass is 9.82. The number of nitrogens with one attached hydrogen (secondary N) is 1. The van der Waals surface area contributed by atoms with Crippen LogP contribution < -0.4 is 0 Å².